The molecular formula is C50H40N6O. The number of hydrogen-bond acceptors (Lipinski definition) is 6. The third kappa shape index (κ3) is 6.05. The molecule has 1 aliphatic heterocycles. The minimum Gasteiger partial charge on any atom is -0.426 e. The first-order chi connectivity index (χ1) is 27.9. The van der Waals surface area contributed by atoms with Gasteiger partial charge in [0.25, 0.3) is 0 Å². The summed E-state index contributed by atoms with van der Waals surface area (Å²) in [6.07, 6.45) is 5.28. The highest BCUT2D eigenvalue weighted by Crippen LogP contribution is 2.45. The number of hydrogen-bond donors (Lipinski definition) is 0. The van der Waals surface area contributed by atoms with Crippen molar-refractivity contribution in [1.82, 2.24) is 19.5 Å². The number of fused-ring (bicyclic) bond motifs is 4. The largest absolute Gasteiger partial charge is 0.426 e. The van der Waals surface area contributed by atoms with Crippen molar-refractivity contribution in [2.45, 2.75) is 26.2 Å². The van der Waals surface area contributed by atoms with Crippen LogP contribution in [0.2, 0.25) is 0 Å². The average Bonchev–Trinajstić information content (AvgIpc) is 3.97. The fourth-order valence-corrected chi connectivity index (χ4v) is 8.07. The van der Waals surface area contributed by atoms with Crippen molar-refractivity contribution in [2.24, 2.45) is 0 Å². The van der Waals surface area contributed by atoms with Gasteiger partial charge in [0.05, 0.1) is 11.2 Å². The maximum atomic E-state index is 6.11. The fraction of sp³-hybridized carbons (Fsp3) is 0.100. The minimum absolute atomic E-state index is 0.0585. The Labute approximate surface area is 331 Å². The Kier molecular flexibility index (Phi) is 8.29. The van der Waals surface area contributed by atoms with Gasteiger partial charge in [-0.25, -0.2) is 15.0 Å². The van der Waals surface area contributed by atoms with Gasteiger partial charge in [-0.3, -0.25) is 4.57 Å². The maximum absolute atomic E-state index is 6.11. The fourth-order valence-electron chi connectivity index (χ4n) is 8.07. The van der Waals surface area contributed by atoms with E-state index >= 15 is 0 Å². The smallest absolute Gasteiger partial charge is 0.234 e. The lowest BCUT2D eigenvalue weighted by Crippen LogP contribution is -2.24. The van der Waals surface area contributed by atoms with Crippen molar-refractivity contribution in [1.29, 1.82) is 0 Å². The number of pyridine rings is 2. The Bertz CT molecular complexity index is 2880. The van der Waals surface area contributed by atoms with Crippen molar-refractivity contribution in [3.05, 3.63) is 204 Å². The summed E-state index contributed by atoms with van der Waals surface area (Å²) in [6, 6.07) is 55.8. The molecule has 0 fully saturated rings. The number of rotatable bonds is 7. The summed E-state index contributed by atoms with van der Waals surface area (Å²) in [4.78, 5) is 19.1. The molecule has 9 aromatic rings. The summed E-state index contributed by atoms with van der Waals surface area (Å²) in [5.41, 5.74) is 13.5. The van der Waals surface area contributed by atoms with Crippen LogP contribution >= 0.6 is 0 Å². The Morgan fingerprint density at radius 2 is 1.23 bits per heavy atom. The van der Waals surface area contributed by atoms with E-state index in [0.717, 1.165) is 78.5 Å². The molecule has 1 aliphatic rings. The molecule has 0 saturated heterocycles. The SMILES string of the molecule is CC(C)(C)c1ccnc(-n2c3cc(C(=C(c4ccccc4)c4ccccc4)c4cccc(N5CN(c6ccccc6)c6cccnc65)c4)ccc3c3ncoc32)c1. The van der Waals surface area contributed by atoms with E-state index in [0.29, 0.717) is 12.4 Å². The molecule has 7 nitrogen and oxygen atoms in total. The van der Waals surface area contributed by atoms with Crippen LogP contribution in [-0.4, -0.2) is 26.2 Å². The van der Waals surface area contributed by atoms with Crippen LogP contribution in [0.25, 0.3) is 39.1 Å². The average molecular weight is 741 g/mol. The van der Waals surface area contributed by atoms with E-state index in [1.54, 1.807) is 0 Å². The lowest BCUT2D eigenvalue weighted by atomic mass is 9.85. The van der Waals surface area contributed by atoms with Gasteiger partial charge in [0.15, 0.2) is 12.2 Å². The van der Waals surface area contributed by atoms with Gasteiger partial charge in [-0.05, 0) is 105 Å². The second-order valence-electron chi connectivity index (χ2n) is 15.4. The summed E-state index contributed by atoms with van der Waals surface area (Å²) < 4.78 is 8.22. The number of benzene rings is 5. The normalized spacial score (nSPS) is 12.7. The van der Waals surface area contributed by atoms with Crippen LogP contribution in [0.3, 0.4) is 0 Å². The zero-order valence-corrected chi connectivity index (χ0v) is 32.0. The highest BCUT2D eigenvalue weighted by molar-refractivity contribution is 6.09. The predicted octanol–water partition coefficient (Wildman–Crippen LogP) is 12.1. The molecule has 0 bridgehead atoms. The molecular weight excluding hydrogens is 701 g/mol. The van der Waals surface area contributed by atoms with Gasteiger partial charge in [0, 0.05) is 29.2 Å². The first kappa shape index (κ1) is 34.3. The topological polar surface area (TPSA) is 63.2 Å². The number of anilines is 4. The molecule has 5 heterocycles. The van der Waals surface area contributed by atoms with Gasteiger partial charge < -0.3 is 14.2 Å². The number of nitrogens with zero attached hydrogens (tertiary/aromatic N) is 6. The van der Waals surface area contributed by atoms with E-state index < -0.39 is 0 Å². The zero-order valence-electron chi connectivity index (χ0n) is 32.0. The molecule has 10 rings (SSSR count). The van der Waals surface area contributed by atoms with E-state index in [1.165, 1.54) is 12.0 Å². The standard InChI is InChI=1S/C50H40N6O/c1-50(2,3)38-26-28-51-44(31-38)56-43-30-37(24-25-41(43)47-49(56)57-32-53-47)46(45(34-15-7-4-8-16-34)35-17-9-5-10-18-35)36-19-13-22-40(29-36)55-33-54(39-20-11-6-12-21-39)42-23-14-27-52-48(42)55/h4-32H,33H2,1-3H3. The van der Waals surface area contributed by atoms with E-state index in [1.807, 2.05) is 18.5 Å². The van der Waals surface area contributed by atoms with Crippen molar-refractivity contribution in [3.8, 4) is 5.82 Å². The van der Waals surface area contributed by atoms with Crippen LogP contribution in [0.15, 0.2) is 181 Å². The van der Waals surface area contributed by atoms with Crippen molar-refractivity contribution in [2.75, 3.05) is 16.5 Å². The highest BCUT2D eigenvalue weighted by Gasteiger charge is 2.30. The van der Waals surface area contributed by atoms with Crippen molar-refractivity contribution >= 4 is 56.2 Å². The van der Waals surface area contributed by atoms with Crippen LogP contribution in [0.5, 0.6) is 0 Å². The number of aromatic nitrogens is 4. The first-order valence-corrected chi connectivity index (χ1v) is 19.3. The monoisotopic (exact) mass is 740 g/mol. The Morgan fingerprint density at radius 1 is 0.561 bits per heavy atom. The van der Waals surface area contributed by atoms with Crippen LogP contribution in [-0.2, 0) is 5.41 Å². The van der Waals surface area contributed by atoms with Gasteiger partial charge in [0.1, 0.15) is 18.0 Å². The van der Waals surface area contributed by atoms with Gasteiger partial charge in [-0.15, -0.1) is 0 Å². The maximum Gasteiger partial charge on any atom is 0.234 e. The highest BCUT2D eigenvalue weighted by atomic mass is 16.3. The lowest BCUT2D eigenvalue weighted by molar-refractivity contribution is 0.578. The first-order valence-electron chi connectivity index (χ1n) is 19.3. The molecule has 4 aromatic heterocycles. The molecule has 0 spiro atoms. The summed E-state index contributed by atoms with van der Waals surface area (Å²) in [5, 5.41) is 1.00. The van der Waals surface area contributed by atoms with Gasteiger partial charge >= 0.3 is 0 Å². The van der Waals surface area contributed by atoms with E-state index in [2.05, 4.69) is 192 Å². The second-order valence-corrected chi connectivity index (χ2v) is 15.4. The molecule has 0 aliphatic carbocycles. The molecule has 0 unspecified atom stereocenters. The van der Waals surface area contributed by atoms with Gasteiger partial charge in [-0.2, -0.15) is 0 Å². The zero-order chi connectivity index (χ0) is 38.5. The molecule has 276 valence electrons. The summed E-state index contributed by atoms with van der Waals surface area (Å²) >= 11 is 0. The third-order valence-corrected chi connectivity index (χ3v) is 10.9. The predicted molar refractivity (Wildman–Crippen MR) is 232 cm³/mol. The van der Waals surface area contributed by atoms with Crippen LogP contribution < -0.4 is 9.80 Å². The lowest BCUT2D eigenvalue weighted by Gasteiger charge is -2.23. The molecule has 5 aromatic carbocycles. The summed E-state index contributed by atoms with van der Waals surface area (Å²) in [7, 11) is 0. The van der Waals surface area contributed by atoms with Gasteiger partial charge in [0.2, 0.25) is 5.71 Å². The summed E-state index contributed by atoms with van der Waals surface area (Å²) in [5.74, 6) is 1.72. The molecule has 7 heteroatoms. The molecule has 0 N–H and O–H groups in total. The van der Waals surface area contributed by atoms with Crippen molar-refractivity contribution < 1.29 is 4.42 Å². The molecule has 57 heavy (non-hydrogen) atoms. The van der Waals surface area contributed by atoms with E-state index in [-0.39, 0.29) is 5.41 Å². The minimum atomic E-state index is -0.0585. The number of para-hydroxylation sites is 1. The van der Waals surface area contributed by atoms with E-state index in [9.17, 15) is 0 Å². The molecule has 0 amide bonds. The summed E-state index contributed by atoms with van der Waals surface area (Å²) in [6.45, 7) is 7.29. The molecule has 0 saturated carbocycles. The Morgan fingerprint density at radius 3 is 1.96 bits per heavy atom. The number of oxazole rings is 1. The second kappa shape index (κ2) is 13.8. The quantitative estimate of drug-likeness (QED) is 0.152. The Balaban J connectivity index is 1.21. The molecule has 0 atom stereocenters. The van der Waals surface area contributed by atoms with Crippen LogP contribution in [0.1, 0.15) is 48.6 Å². The van der Waals surface area contributed by atoms with Crippen molar-refractivity contribution in [3.63, 3.8) is 0 Å². The Hall–Kier alpha value is -7.25. The molecule has 0 radical (unpaired) electrons. The van der Waals surface area contributed by atoms with Gasteiger partial charge in [-0.1, -0.05) is 118 Å². The van der Waals surface area contributed by atoms with Crippen LogP contribution in [0, 0.1) is 0 Å². The van der Waals surface area contributed by atoms with E-state index in [4.69, 9.17) is 14.4 Å². The third-order valence-electron chi connectivity index (χ3n) is 10.9. The van der Waals surface area contributed by atoms with Crippen LogP contribution in [0.4, 0.5) is 22.9 Å².